The second-order valence-electron chi connectivity index (χ2n) is 9.36. The van der Waals surface area contributed by atoms with Crippen molar-refractivity contribution in [2.24, 2.45) is 10.8 Å². The van der Waals surface area contributed by atoms with Gasteiger partial charge in [0.15, 0.2) is 5.11 Å². The van der Waals surface area contributed by atoms with Crippen LogP contribution in [0.3, 0.4) is 0 Å². The Morgan fingerprint density at radius 2 is 1.75 bits per heavy atom. The molecule has 28 heavy (non-hydrogen) atoms. The highest BCUT2D eigenvalue weighted by molar-refractivity contribution is 9.10. The molecule has 2 aliphatic rings. The molecule has 2 N–H and O–H groups in total. The van der Waals surface area contributed by atoms with Crippen molar-refractivity contribution >= 4 is 38.9 Å². The number of quaternary nitrogens is 1. The Morgan fingerprint density at radius 3 is 2.39 bits per heavy atom. The van der Waals surface area contributed by atoms with Gasteiger partial charge in [-0.05, 0) is 42.9 Å². The van der Waals surface area contributed by atoms with Gasteiger partial charge in [0.25, 0.3) is 0 Å². The third-order valence-corrected chi connectivity index (χ3v) is 6.86. The van der Waals surface area contributed by atoms with E-state index in [1.807, 2.05) is 18.2 Å². The zero-order valence-electron chi connectivity index (χ0n) is 16.7. The van der Waals surface area contributed by atoms with E-state index in [1.165, 1.54) is 29.5 Å². The van der Waals surface area contributed by atoms with Gasteiger partial charge in [0.1, 0.15) is 6.54 Å². The first-order chi connectivity index (χ1) is 13.3. The number of hydrogen-bond donors (Lipinski definition) is 2. The van der Waals surface area contributed by atoms with Gasteiger partial charge in [-0.15, -0.1) is 0 Å². The molecular weight excluding hydrogens is 430 g/mol. The van der Waals surface area contributed by atoms with Gasteiger partial charge < -0.3 is 15.1 Å². The summed E-state index contributed by atoms with van der Waals surface area (Å²) >= 11 is 9.40. The lowest BCUT2D eigenvalue weighted by atomic mass is 9.65. The molecule has 2 bridgehead atoms. The van der Waals surface area contributed by atoms with Crippen LogP contribution in [-0.4, -0.2) is 36.2 Å². The van der Waals surface area contributed by atoms with Crippen molar-refractivity contribution in [2.45, 2.75) is 26.8 Å². The summed E-state index contributed by atoms with van der Waals surface area (Å²) < 4.78 is 1.17. The van der Waals surface area contributed by atoms with Gasteiger partial charge >= 0.3 is 0 Å². The zero-order chi connectivity index (χ0) is 19.8. The average molecular weight is 459 g/mol. The first-order valence-electron chi connectivity index (χ1n) is 10.0. The van der Waals surface area contributed by atoms with Gasteiger partial charge in [-0.3, -0.25) is 0 Å². The zero-order valence-corrected chi connectivity index (χ0v) is 19.1. The van der Waals surface area contributed by atoms with Crippen molar-refractivity contribution < 1.29 is 4.90 Å². The molecule has 148 valence electrons. The quantitative estimate of drug-likeness (QED) is 0.678. The largest absolute Gasteiger partial charge is 0.347 e. The smallest absolute Gasteiger partial charge is 0.173 e. The van der Waals surface area contributed by atoms with Crippen LogP contribution in [-0.2, 0) is 6.54 Å². The molecule has 0 amide bonds. The van der Waals surface area contributed by atoms with Gasteiger partial charge in [-0.1, -0.05) is 60.1 Å². The molecule has 2 atom stereocenters. The Bertz CT molecular complexity index is 838. The van der Waals surface area contributed by atoms with E-state index in [-0.39, 0.29) is 10.8 Å². The highest BCUT2D eigenvalue weighted by Crippen LogP contribution is 2.41. The van der Waals surface area contributed by atoms with E-state index >= 15 is 0 Å². The number of piperidine rings is 2. The number of likely N-dealkylation sites (tertiary alicyclic amines) is 2. The van der Waals surface area contributed by atoms with Crippen LogP contribution in [0.5, 0.6) is 0 Å². The first kappa shape index (κ1) is 19.9. The fourth-order valence-corrected chi connectivity index (χ4v) is 6.25. The summed E-state index contributed by atoms with van der Waals surface area (Å²) in [5.74, 6) is 0. The summed E-state index contributed by atoms with van der Waals surface area (Å²) in [7, 11) is 0. The third-order valence-electron chi connectivity index (χ3n) is 6.01. The Balaban J connectivity index is 1.46. The molecule has 0 spiro atoms. The molecule has 2 heterocycles. The summed E-state index contributed by atoms with van der Waals surface area (Å²) in [5, 5.41) is 4.30. The molecule has 0 aromatic heterocycles. The second kappa shape index (κ2) is 7.77. The number of hydrogen-bond acceptors (Lipinski definition) is 1. The van der Waals surface area contributed by atoms with Crippen LogP contribution in [0.2, 0.25) is 0 Å². The predicted molar refractivity (Wildman–Crippen MR) is 124 cm³/mol. The molecule has 2 fully saturated rings. The lowest BCUT2D eigenvalue weighted by Crippen LogP contribution is -3.15. The van der Waals surface area contributed by atoms with Crippen LogP contribution in [0.4, 0.5) is 5.69 Å². The summed E-state index contributed by atoms with van der Waals surface area (Å²) in [6.45, 7) is 10.4. The van der Waals surface area contributed by atoms with Crippen LogP contribution < -0.4 is 10.2 Å². The number of nitrogens with zero attached hydrogens (tertiary/aromatic N) is 1. The van der Waals surface area contributed by atoms with E-state index in [0.29, 0.717) is 0 Å². The fraction of sp³-hybridized carbons (Fsp3) is 0.435. The van der Waals surface area contributed by atoms with Crippen molar-refractivity contribution in [1.29, 1.82) is 0 Å². The van der Waals surface area contributed by atoms with Gasteiger partial charge in [-0.2, -0.15) is 0 Å². The minimum absolute atomic E-state index is 0.287. The SMILES string of the molecule is CC12CN(C(=S)Nc3ccccc3)CC(C)(C[NH+](Cc3cccc(Br)c3)C1)C2. The summed E-state index contributed by atoms with van der Waals surface area (Å²) in [4.78, 5) is 4.10. The molecule has 4 rings (SSSR count). The normalized spacial score (nSPS) is 29.4. The fourth-order valence-electron chi connectivity index (χ4n) is 5.55. The molecule has 2 unspecified atom stereocenters. The topological polar surface area (TPSA) is 19.7 Å². The maximum absolute atomic E-state index is 5.78. The van der Waals surface area contributed by atoms with E-state index in [0.717, 1.165) is 30.4 Å². The highest BCUT2D eigenvalue weighted by Gasteiger charge is 2.51. The predicted octanol–water partition coefficient (Wildman–Crippen LogP) is 3.96. The van der Waals surface area contributed by atoms with Crippen molar-refractivity contribution in [3.8, 4) is 0 Å². The minimum Gasteiger partial charge on any atom is -0.347 e. The van der Waals surface area contributed by atoms with Crippen LogP contribution in [0.25, 0.3) is 0 Å². The molecule has 0 radical (unpaired) electrons. The lowest BCUT2D eigenvalue weighted by molar-refractivity contribution is -0.934. The maximum atomic E-state index is 5.78. The van der Waals surface area contributed by atoms with Crippen molar-refractivity contribution in [3.63, 3.8) is 0 Å². The monoisotopic (exact) mass is 458 g/mol. The van der Waals surface area contributed by atoms with Crippen LogP contribution in [0.15, 0.2) is 59.1 Å². The van der Waals surface area contributed by atoms with Gasteiger partial charge in [-0.25, -0.2) is 0 Å². The molecular formula is C23H29BrN3S+. The number of rotatable bonds is 3. The van der Waals surface area contributed by atoms with Crippen LogP contribution >= 0.6 is 28.1 Å². The Hall–Kier alpha value is -1.43. The van der Waals surface area contributed by atoms with E-state index in [9.17, 15) is 0 Å². The Kier molecular flexibility index (Phi) is 5.51. The number of fused-ring (bicyclic) bond motifs is 2. The number of anilines is 1. The summed E-state index contributed by atoms with van der Waals surface area (Å²) in [6, 6.07) is 19.0. The number of halogens is 1. The van der Waals surface area contributed by atoms with E-state index in [2.05, 4.69) is 76.4 Å². The second-order valence-corrected chi connectivity index (χ2v) is 10.7. The molecule has 0 aliphatic carbocycles. The number of benzene rings is 2. The molecule has 2 aromatic rings. The Labute approximate surface area is 182 Å². The lowest BCUT2D eigenvalue weighted by Gasteiger charge is -2.55. The summed E-state index contributed by atoms with van der Waals surface area (Å²) in [5.41, 5.74) is 3.06. The number of thiocarbonyl (C=S) groups is 1. The van der Waals surface area contributed by atoms with Crippen molar-refractivity contribution in [3.05, 3.63) is 64.6 Å². The molecule has 2 aromatic carbocycles. The standard InChI is InChI=1S/C23H28BrN3S/c1-22-13-23(2,15-26(14-22)12-18-7-6-8-19(24)11-18)17-27(16-22)21(28)25-20-9-4-3-5-10-20/h3-11H,12-17H2,1-2H3,(H,25,28)/p+1. The van der Waals surface area contributed by atoms with E-state index in [1.54, 1.807) is 4.90 Å². The van der Waals surface area contributed by atoms with Gasteiger partial charge in [0.2, 0.25) is 0 Å². The Morgan fingerprint density at radius 1 is 1.07 bits per heavy atom. The van der Waals surface area contributed by atoms with Crippen LogP contribution in [0.1, 0.15) is 25.8 Å². The first-order valence-corrected chi connectivity index (χ1v) is 11.2. The molecule has 0 saturated carbocycles. The number of para-hydroxylation sites is 1. The minimum atomic E-state index is 0.287. The molecule has 2 aliphatic heterocycles. The third kappa shape index (κ3) is 4.58. The maximum Gasteiger partial charge on any atom is 0.173 e. The molecule has 2 saturated heterocycles. The van der Waals surface area contributed by atoms with Crippen molar-refractivity contribution in [1.82, 2.24) is 4.90 Å². The van der Waals surface area contributed by atoms with Gasteiger partial charge in [0.05, 0.1) is 13.1 Å². The van der Waals surface area contributed by atoms with E-state index in [4.69, 9.17) is 12.2 Å². The molecule has 3 nitrogen and oxygen atoms in total. The highest BCUT2D eigenvalue weighted by atomic mass is 79.9. The van der Waals surface area contributed by atoms with Gasteiger partial charge in [0, 0.05) is 39.6 Å². The average Bonchev–Trinajstić information content (AvgIpc) is 2.60. The number of nitrogens with one attached hydrogen (secondary N) is 2. The molecule has 5 heteroatoms. The van der Waals surface area contributed by atoms with Crippen LogP contribution in [0, 0.1) is 10.8 Å². The van der Waals surface area contributed by atoms with E-state index < -0.39 is 0 Å². The summed E-state index contributed by atoms with van der Waals surface area (Å²) in [6.07, 6.45) is 1.28. The van der Waals surface area contributed by atoms with Crippen molar-refractivity contribution in [2.75, 3.05) is 31.5 Å².